The lowest BCUT2D eigenvalue weighted by Crippen LogP contribution is -2.38. The summed E-state index contributed by atoms with van der Waals surface area (Å²) in [5, 5.41) is 3.38. The number of sulfonamides is 1. The second-order valence-corrected chi connectivity index (χ2v) is 7.42. The molecule has 1 amide bonds. The lowest BCUT2D eigenvalue weighted by Gasteiger charge is -2.24. The van der Waals surface area contributed by atoms with Gasteiger partial charge in [-0.25, -0.2) is 8.42 Å². The van der Waals surface area contributed by atoms with Gasteiger partial charge in [0.15, 0.2) is 6.61 Å². The Morgan fingerprint density at radius 3 is 2.78 bits per heavy atom. The molecule has 1 fully saturated rings. The van der Waals surface area contributed by atoms with E-state index in [0.29, 0.717) is 6.54 Å². The van der Waals surface area contributed by atoms with E-state index in [2.05, 4.69) is 5.32 Å². The molecule has 10 heteroatoms. The van der Waals surface area contributed by atoms with Crippen molar-refractivity contribution in [2.24, 2.45) is 5.73 Å². The fraction of sp³-hybridized carbons (Fsp3) is 0.462. The maximum absolute atomic E-state index is 12.8. The van der Waals surface area contributed by atoms with Crippen molar-refractivity contribution in [2.75, 3.05) is 26.7 Å². The molecule has 7 nitrogen and oxygen atoms in total. The van der Waals surface area contributed by atoms with Crippen molar-refractivity contribution in [2.45, 2.75) is 17.4 Å². The number of carbonyl (C=O) groups is 1. The third-order valence-corrected chi connectivity index (χ3v) is 5.65. The van der Waals surface area contributed by atoms with Gasteiger partial charge in [-0.15, -0.1) is 12.4 Å². The van der Waals surface area contributed by atoms with Crippen molar-refractivity contribution in [3.8, 4) is 5.75 Å². The van der Waals surface area contributed by atoms with Crippen LogP contribution in [-0.4, -0.2) is 51.4 Å². The van der Waals surface area contributed by atoms with E-state index in [-0.39, 0.29) is 34.1 Å². The average molecular weight is 384 g/mol. The Bertz CT molecular complexity index is 663. The highest BCUT2D eigenvalue weighted by Gasteiger charge is 2.32. The summed E-state index contributed by atoms with van der Waals surface area (Å²) in [6.07, 6.45) is 0.730. The van der Waals surface area contributed by atoms with E-state index in [4.69, 9.17) is 22.1 Å². The minimum atomic E-state index is -3.79. The van der Waals surface area contributed by atoms with Gasteiger partial charge in [0.25, 0.3) is 5.91 Å². The van der Waals surface area contributed by atoms with Crippen molar-refractivity contribution in [3.05, 3.63) is 23.2 Å². The highest BCUT2D eigenvalue weighted by molar-refractivity contribution is 7.89. The van der Waals surface area contributed by atoms with E-state index in [1.54, 1.807) is 0 Å². The Balaban J connectivity index is 0.00000264. The molecule has 1 unspecified atom stereocenters. The zero-order valence-corrected chi connectivity index (χ0v) is 14.9. The van der Waals surface area contributed by atoms with Gasteiger partial charge in [-0.3, -0.25) is 4.79 Å². The molecule has 130 valence electrons. The second-order valence-electron chi connectivity index (χ2n) is 5.01. The largest absolute Gasteiger partial charge is 0.482 e. The fourth-order valence-corrected chi connectivity index (χ4v) is 4.03. The van der Waals surface area contributed by atoms with Crippen molar-refractivity contribution in [1.29, 1.82) is 0 Å². The van der Waals surface area contributed by atoms with Gasteiger partial charge in [-0.2, -0.15) is 4.31 Å². The van der Waals surface area contributed by atoms with Crippen LogP contribution in [0.2, 0.25) is 5.02 Å². The van der Waals surface area contributed by atoms with Crippen LogP contribution in [0.15, 0.2) is 23.1 Å². The molecule has 1 aromatic rings. The minimum absolute atomic E-state index is 0. The summed E-state index contributed by atoms with van der Waals surface area (Å²) in [4.78, 5) is 10.8. The number of ether oxygens (including phenoxy) is 1. The molecule has 0 spiro atoms. The van der Waals surface area contributed by atoms with Crippen LogP contribution in [0.5, 0.6) is 5.75 Å². The Morgan fingerprint density at radius 1 is 1.52 bits per heavy atom. The third-order valence-electron chi connectivity index (χ3n) is 3.48. The summed E-state index contributed by atoms with van der Waals surface area (Å²) >= 11 is 5.91. The van der Waals surface area contributed by atoms with Crippen LogP contribution in [0, 0.1) is 0 Å². The number of hydrogen-bond donors (Lipinski definition) is 2. The number of hydrogen-bond acceptors (Lipinski definition) is 5. The zero-order chi connectivity index (χ0) is 16.3. The van der Waals surface area contributed by atoms with Crippen LogP contribution in [0.1, 0.15) is 6.42 Å². The summed E-state index contributed by atoms with van der Waals surface area (Å²) in [7, 11) is -2.27. The zero-order valence-electron chi connectivity index (χ0n) is 12.5. The molecule has 1 saturated heterocycles. The molecule has 0 saturated carbocycles. The summed E-state index contributed by atoms with van der Waals surface area (Å²) in [5.41, 5.74) is 5.03. The summed E-state index contributed by atoms with van der Waals surface area (Å²) in [6.45, 7) is 0.956. The average Bonchev–Trinajstić information content (AvgIpc) is 2.98. The van der Waals surface area contributed by atoms with Gasteiger partial charge in [0.05, 0.1) is 0 Å². The molecule has 23 heavy (non-hydrogen) atoms. The predicted octanol–water partition coefficient (Wildman–Crippen LogP) is 0.608. The fourth-order valence-electron chi connectivity index (χ4n) is 2.25. The maximum Gasteiger partial charge on any atom is 0.255 e. The molecule has 1 aliphatic rings. The molecule has 1 atom stereocenters. The third kappa shape index (κ3) is 4.71. The lowest BCUT2D eigenvalue weighted by molar-refractivity contribution is -0.120. The van der Waals surface area contributed by atoms with Crippen molar-refractivity contribution in [1.82, 2.24) is 9.62 Å². The van der Waals surface area contributed by atoms with Crippen LogP contribution >= 0.6 is 24.0 Å². The quantitative estimate of drug-likeness (QED) is 0.748. The maximum atomic E-state index is 12.8. The number of rotatable bonds is 6. The summed E-state index contributed by atoms with van der Waals surface area (Å²) in [5.74, 6) is -0.632. The molecule has 0 aliphatic carbocycles. The normalized spacial score (nSPS) is 17.8. The molecular weight excluding hydrogens is 365 g/mol. The number of benzene rings is 1. The molecule has 0 bridgehead atoms. The van der Waals surface area contributed by atoms with E-state index in [0.717, 1.165) is 13.0 Å². The first kappa shape index (κ1) is 20.0. The van der Waals surface area contributed by atoms with Gasteiger partial charge >= 0.3 is 0 Å². The van der Waals surface area contributed by atoms with Gasteiger partial charge in [0.2, 0.25) is 10.0 Å². The number of nitrogens with zero attached hydrogens (tertiary/aromatic N) is 1. The highest BCUT2D eigenvalue weighted by atomic mass is 35.5. The number of amides is 1. The van der Waals surface area contributed by atoms with Crippen molar-refractivity contribution in [3.63, 3.8) is 0 Å². The first-order valence-electron chi connectivity index (χ1n) is 6.72. The second kappa shape index (κ2) is 8.16. The molecule has 2 rings (SSSR count). The van der Waals surface area contributed by atoms with E-state index >= 15 is 0 Å². The lowest BCUT2D eigenvalue weighted by atomic mass is 10.3. The monoisotopic (exact) mass is 383 g/mol. The molecule has 1 aromatic carbocycles. The minimum Gasteiger partial charge on any atom is -0.482 e. The Labute approximate surface area is 146 Å². The van der Waals surface area contributed by atoms with Crippen LogP contribution < -0.4 is 15.8 Å². The highest BCUT2D eigenvalue weighted by Crippen LogP contribution is 2.30. The smallest absolute Gasteiger partial charge is 0.255 e. The van der Waals surface area contributed by atoms with Gasteiger partial charge in [-0.1, -0.05) is 11.6 Å². The number of primary amides is 1. The Kier molecular flexibility index (Phi) is 7.09. The predicted molar refractivity (Wildman–Crippen MR) is 89.6 cm³/mol. The standard InChI is InChI=1S/C13H18ClN3O4S.ClH/c1-17(10-4-5-16-7-10)22(19,20)12-6-9(14)2-3-11(12)21-8-13(15)18;/h2-3,6,10,16H,4-5,7-8H2,1H3,(H2,15,18);1H. The van der Waals surface area contributed by atoms with Gasteiger partial charge in [-0.05, 0) is 31.2 Å². The van der Waals surface area contributed by atoms with E-state index in [1.807, 2.05) is 0 Å². The number of likely N-dealkylation sites (N-methyl/N-ethyl adjacent to an activating group) is 1. The van der Waals surface area contributed by atoms with E-state index in [1.165, 1.54) is 29.6 Å². The Hall–Kier alpha value is -1.06. The first-order chi connectivity index (χ1) is 10.3. The van der Waals surface area contributed by atoms with Gasteiger partial charge in [0, 0.05) is 24.7 Å². The van der Waals surface area contributed by atoms with Crippen LogP contribution in [0.3, 0.4) is 0 Å². The number of nitrogens with one attached hydrogen (secondary N) is 1. The van der Waals surface area contributed by atoms with Crippen LogP contribution in [-0.2, 0) is 14.8 Å². The van der Waals surface area contributed by atoms with Crippen molar-refractivity contribution < 1.29 is 17.9 Å². The van der Waals surface area contributed by atoms with Gasteiger partial charge < -0.3 is 15.8 Å². The summed E-state index contributed by atoms with van der Waals surface area (Å²) in [6, 6.07) is 4.09. The van der Waals surface area contributed by atoms with E-state index < -0.39 is 22.5 Å². The SMILES string of the molecule is CN(C1CCNC1)S(=O)(=O)c1cc(Cl)ccc1OCC(N)=O.Cl. The molecule has 1 aliphatic heterocycles. The molecule has 1 heterocycles. The number of carbonyl (C=O) groups excluding carboxylic acids is 1. The van der Waals surface area contributed by atoms with Crippen molar-refractivity contribution >= 4 is 39.9 Å². The molecule has 0 aromatic heterocycles. The van der Waals surface area contributed by atoms with Crippen LogP contribution in [0.25, 0.3) is 0 Å². The topological polar surface area (TPSA) is 102 Å². The van der Waals surface area contributed by atoms with E-state index in [9.17, 15) is 13.2 Å². The number of nitrogens with two attached hydrogens (primary N) is 1. The van der Waals surface area contributed by atoms with Crippen LogP contribution in [0.4, 0.5) is 0 Å². The molecule has 3 N–H and O–H groups in total. The Morgan fingerprint density at radius 2 is 2.22 bits per heavy atom. The number of halogens is 2. The molecule has 0 radical (unpaired) electrons. The summed E-state index contributed by atoms with van der Waals surface area (Å²) < 4.78 is 32.1. The van der Waals surface area contributed by atoms with Gasteiger partial charge in [0.1, 0.15) is 10.6 Å². The molecular formula is C13H19Cl2N3O4S. The first-order valence-corrected chi connectivity index (χ1v) is 8.53.